The Hall–Kier alpha value is -1.37. The van der Waals surface area contributed by atoms with E-state index in [1.807, 2.05) is 13.0 Å². The molecule has 1 aliphatic rings. The first kappa shape index (κ1) is 15.5. The smallest absolute Gasteiger partial charge is 0.151 e. The molecule has 7 heteroatoms. The lowest BCUT2D eigenvalue weighted by Crippen LogP contribution is -2.20. The van der Waals surface area contributed by atoms with Gasteiger partial charge in [0.25, 0.3) is 0 Å². The Labute approximate surface area is 145 Å². The molecule has 1 aromatic heterocycles. The Kier molecular flexibility index (Phi) is 4.25. The number of anilines is 1. The molecule has 0 saturated carbocycles. The van der Waals surface area contributed by atoms with Gasteiger partial charge in [0.05, 0.1) is 22.5 Å². The number of aromatic nitrogens is 1. The summed E-state index contributed by atoms with van der Waals surface area (Å²) in [5.74, 6) is -0.455. The van der Waals surface area contributed by atoms with Crippen LogP contribution in [0.3, 0.4) is 0 Å². The van der Waals surface area contributed by atoms with Crippen LogP contribution in [-0.4, -0.2) is 21.7 Å². The third kappa shape index (κ3) is 2.66. The number of hydrogen-bond donors (Lipinski definition) is 1. The Morgan fingerprint density at radius 3 is 2.86 bits per heavy atom. The van der Waals surface area contributed by atoms with Gasteiger partial charge in [-0.1, -0.05) is 23.8 Å². The number of thiocarbonyl (C=S) groups is 1. The standard InChI is InChI=1S/C15H10BrClFN3S/c1-7-15(22)21-10-5-4-8(16)12(17)11(10)14(20-7)13-9(18)3-2-6-19-13/h2-7H,1H3,(H,21,22)/t7-/m0/s1. The van der Waals surface area contributed by atoms with Crippen molar-refractivity contribution < 1.29 is 4.39 Å². The number of halogens is 3. The molecule has 0 radical (unpaired) electrons. The second-order valence-corrected chi connectivity index (χ2v) is 6.43. The summed E-state index contributed by atoms with van der Waals surface area (Å²) < 4.78 is 14.9. The van der Waals surface area contributed by atoms with Crippen molar-refractivity contribution in [3.05, 3.63) is 57.0 Å². The predicted molar refractivity (Wildman–Crippen MR) is 94.7 cm³/mol. The number of fused-ring (bicyclic) bond motifs is 1. The lowest BCUT2D eigenvalue weighted by atomic mass is 10.0. The molecule has 0 bridgehead atoms. The van der Waals surface area contributed by atoms with Gasteiger partial charge in [0, 0.05) is 16.2 Å². The second kappa shape index (κ2) is 6.02. The van der Waals surface area contributed by atoms with Crippen LogP contribution in [0.5, 0.6) is 0 Å². The molecule has 0 unspecified atom stereocenters. The van der Waals surface area contributed by atoms with Crippen LogP contribution in [0.15, 0.2) is 39.9 Å². The van der Waals surface area contributed by atoms with Gasteiger partial charge in [0.15, 0.2) is 5.82 Å². The molecule has 0 aliphatic carbocycles. The fraction of sp³-hybridized carbons (Fsp3) is 0.133. The van der Waals surface area contributed by atoms with Gasteiger partial charge in [-0.15, -0.1) is 0 Å². The first-order valence-corrected chi connectivity index (χ1v) is 8.05. The lowest BCUT2D eigenvalue weighted by Gasteiger charge is -2.13. The zero-order valence-corrected chi connectivity index (χ0v) is 14.6. The van der Waals surface area contributed by atoms with Gasteiger partial charge in [-0.2, -0.15) is 0 Å². The van der Waals surface area contributed by atoms with Crippen molar-refractivity contribution >= 4 is 56.1 Å². The number of nitrogens with one attached hydrogen (secondary N) is 1. The molecule has 0 fully saturated rings. The van der Waals surface area contributed by atoms with E-state index in [2.05, 4.69) is 31.2 Å². The summed E-state index contributed by atoms with van der Waals surface area (Å²) >= 11 is 15.1. The number of benzene rings is 1. The zero-order valence-electron chi connectivity index (χ0n) is 11.4. The van der Waals surface area contributed by atoms with Crippen LogP contribution in [-0.2, 0) is 0 Å². The van der Waals surface area contributed by atoms with Crippen molar-refractivity contribution in [2.75, 3.05) is 5.32 Å². The van der Waals surface area contributed by atoms with Crippen molar-refractivity contribution in [2.24, 2.45) is 4.99 Å². The fourth-order valence-corrected chi connectivity index (χ4v) is 2.93. The number of nitrogens with zero attached hydrogens (tertiary/aromatic N) is 2. The van der Waals surface area contributed by atoms with E-state index >= 15 is 0 Å². The molecule has 3 rings (SSSR count). The summed E-state index contributed by atoms with van der Waals surface area (Å²) in [6.45, 7) is 1.84. The maximum absolute atomic E-state index is 14.2. The molecule has 1 aliphatic heterocycles. The summed E-state index contributed by atoms with van der Waals surface area (Å²) in [5, 5.41) is 3.56. The van der Waals surface area contributed by atoms with Gasteiger partial charge >= 0.3 is 0 Å². The molecule has 112 valence electrons. The maximum atomic E-state index is 14.2. The van der Waals surface area contributed by atoms with Crippen molar-refractivity contribution in [3.8, 4) is 0 Å². The van der Waals surface area contributed by atoms with Crippen LogP contribution in [0.2, 0.25) is 5.02 Å². The van der Waals surface area contributed by atoms with Crippen LogP contribution in [0, 0.1) is 5.82 Å². The van der Waals surface area contributed by atoms with E-state index < -0.39 is 5.82 Å². The number of benzodiazepines with no additional fused rings is 1. The van der Waals surface area contributed by atoms with Gasteiger partial charge in [-0.05, 0) is 47.1 Å². The van der Waals surface area contributed by atoms with Crippen molar-refractivity contribution in [1.29, 1.82) is 0 Å². The molecular weight excluding hydrogens is 389 g/mol. The van der Waals surface area contributed by atoms with E-state index in [0.717, 1.165) is 0 Å². The van der Waals surface area contributed by atoms with Gasteiger partial charge in [-0.25, -0.2) is 4.39 Å². The van der Waals surface area contributed by atoms with E-state index in [1.165, 1.54) is 18.3 Å². The topological polar surface area (TPSA) is 37.3 Å². The Morgan fingerprint density at radius 2 is 2.14 bits per heavy atom. The first-order valence-electron chi connectivity index (χ1n) is 6.47. The molecule has 0 spiro atoms. The number of pyridine rings is 1. The molecule has 3 nitrogen and oxygen atoms in total. The van der Waals surface area contributed by atoms with Crippen molar-refractivity contribution in [1.82, 2.24) is 4.98 Å². The summed E-state index contributed by atoms with van der Waals surface area (Å²) in [6.07, 6.45) is 1.52. The molecular formula is C15H10BrClFN3S. The minimum atomic E-state index is -0.455. The molecule has 1 aromatic carbocycles. The highest BCUT2D eigenvalue weighted by Crippen LogP contribution is 2.35. The zero-order chi connectivity index (χ0) is 15.9. The average Bonchev–Trinajstić information content (AvgIpc) is 2.61. The van der Waals surface area contributed by atoms with Crippen LogP contribution in [0.4, 0.5) is 10.1 Å². The van der Waals surface area contributed by atoms with Crippen LogP contribution < -0.4 is 5.32 Å². The summed E-state index contributed by atoms with van der Waals surface area (Å²) in [5.41, 5.74) is 1.81. The summed E-state index contributed by atoms with van der Waals surface area (Å²) in [7, 11) is 0. The largest absolute Gasteiger partial charge is 0.348 e. The normalized spacial score (nSPS) is 17.4. The number of rotatable bonds is 1. The van der Waals surface area contributed by atoms with Gasteiger partial charge in [0.2, 0.25) is 0 Å². The van der Waals surface area contributed by atoms with Crippen LogP contribution in [0.1, 0.15) is 18.2 Å². The minimum Gasteiger partial charge on any atom is -0.348 e. The van der Waals surface area contributed by atoms with Gasteiger partial charge in [0.1, 0.15) is 10.7 Å². The maximum Gasteiger partial charge on any atom is 0.151 e. The van der Waals surface area contributed by atoms with E-state index in [0.29, 0.717) is 31.4 Å². The van der Waals surface area contributed by atoms with Crippen molar-refractivity contribution in [3.63, 3.8) is 0 Å². The fourth-order valence-electron chi connectivity index (χ4n) is 2.18. The van der Waals surface area contributed by atoms with Crippen LogP contribution in [0.25, 0.3) is 0 Å². The Balaban J connectivity index is 2.33. The number of hydrogen-bond acceptors (Lipinski definition) is 3. The second-order valence-electron chi connectivity index (χ2n) is 4.76. The molecule has 22 heavy (non-hydrogen) atoms. The molecule has 2 aromatic rings. The summed E-state index contributed by atoms with van der Waals surface area (Å²) in [6, 6.07) is 6.20. The Bertz CT molecular complexity index is 809. The van der Waals surface area contributed by atoms with Gasteiger partial charge in [-0.3, -0.25) is 9.98 Å². The molecule has 0 saturated heterocycles. The predicted octanol–water partition coefficient (Wildman–Crippen LogP) is 4.62. The molecule has 2 heterocycles. The first-order chi connectivity index (χ1) is 10.5. The third-order valence-corrected chi connectivity index (χ3v) is 5.00. The van der Waals surface area contributed by atoms with E-state index in [-0.39, 0.29) is 11.7 Å². The van der Waals surface area contributed by atoms with E-state index in [1.54, 1.807) is 6.07 Å². The highest BCUT2D eigenvalue weighted by Gasteiger charge is 2.26. The summed E-state index contributed by atoms with van der Waals surface area (Å²) in [4.78, 5) is 9.21. The van der Waals surface area contributed by atoms with E-state index in [9.17, 15) is 4.39 Å². The molecule has 0 amide bonds. The van der Waals surface area contributed by atoms with Crippen molar-refractivity contribution in [2.45, 2.75) is 13.0 Å². The highest BCUT2D eigenvalue weighted by atomic mass is 79.9. The minimum absolute atomic E-state index is 0.155. The molecule has 1 N–H and O–H groups in total. The van der Waals surface area contributed by atoms with Gasteiger partial charge < -0.3 is 5.32 Å². The van der Waals surface area contributed by atoms with Crippen LogP contribution >= 0.6 is 39.7 Å². The number of aliphatic imine (C=N–C) groups is 1. The molecule has 1 atom stereocenters. The van der Waals surface area contributed by atoms with E-state index in [4.69, 9.17) is 23.8 Å². The quantitative estimate of drug-likeness (QED) is 0.713. The highest BCUT2D eigenvalue weighted by molar-refractivity contribution is 9.10. The third-order valence-electron chi connectivity index (χ3n) is 3.27. The Morgan fingerprint density at radius 1 is 1.36 bits per heavy atom. The average molecular weight is 399 g/mol. The monoisotopic (exact) mass is 397 g/mol. The SMILES string of the molecule is C[C@@H]1N=C(c2ncccc2F)c2c(ccc(Br)c2Cl)NC1=S. The lowest BCUT2D eigenvalue weighted by molar-refractivity contribution is 0.618.